The number of ketones is 1. The standard InChI is InChI=1S/C14H20O3/c1-13(2)5-4-9(15)14(3)11(12(13)14)8-6-10(16)17-7-8/h8,11-12H,4-7H2,1-3H3/t8-,11-,12+,14+/m0/s1. The molecule has 1 saturated heterocycles. The Balaban J connectivity index is 1.88. The van der Waals surface area contributed by atoms with Gasteiger partial charge in [0.05, 0.1) is 13.0 Å². The first-order valence-corrected chi connectivity index (χ1v) is 6.56. The molecule has 0 aromatic heterocycles. The Morgan fingerprint density at radius 2 is 1.94 bits per heavy atom. The molecule has 1 heterocycles. The monoisotopic (exact) mass is 236 g/mol. The largest absolute Gasteiger partial charge is 0.465 e. The fourth-order valence-electron chi connectivity index (χ4n) is 4.59. The fourth-order valence-corrected chi connectivity index (χ4v) is 4.59. The van der Waals surface area contributed by atoms with E-state index >= 15 is 0 Å². The van der Waals surface area contributed by atoms with Crippen LogP contribution in [0.1, 0.15) is 40.0 Å². The third-order valence-corrected chi connectivity index (χ3v) is 5.42. The molecule has 94 valence electrons. The smallest absolute Gasteiger partial charge is 0.306 e. The molecule has 0 amide bonds. The number of hydrogen-bond donors (Lipinski definition) is 0. The zero-order valence-corrected chi connectivity index (χ0v) is 10.8. The van der Waals surface area contributed by atoms with E-state index in [9.17, 15) is 9.59 Å². The van der Waals surface area contributed by atoms with Gasteiger partial charge in [0.2, 0.25) is 0 Å². The molecule has 0 aromatic carbocycles. The van der Waals surface area contributed by atoms with E-state index in [0.717, 1.165) is 6.42 Å². The summed E-state index contributed by atoms with van der Waals surface area (Å²) in [5, 5.41) is 0. The quantitative estimate of drug-likeness (QED) is 0.655. The van der Waals surface area contributed by atoms with Crippen molar-refractivity contribution in [1.82, 2.24) is 0 Å². The number of cyclic esters (lactones) is 1. The molecular weight excluding hydrogens is 216 g/mol. The second-order valence-electron chi connectivity index (χ2n) is 6.85. The first-order valence-electron chi connectivity index (χ1n) is 6.56. The van der Waals surface area contributed by atoms with Gasteiger partial charge in [-0.15, -0.1) is 0 Å². The summed E-state index contributed by atoms with van der Waals surface area (Å²) < 4.78 is 5.07. The Bertz CT molecular complexity index is 398. The number of esters is 1. The first kappa shape index (κ1) is 11.2. The predicted molar refractivity (Wildman–Crippen MR) is 62.2 cm³/mol. The van der Waals surface area contributed by atoms with Crippen molar-refractivity contribution in [2.45, 2.75) is 40.0 Å². The van der Waals surface area contributed by atoms with Gasteiger partial charge in [0.1, 0.15) is 5.78 Å². The van der Waals surface area contributed by atoms with Crippen molar-refractivity contribution >= 4 is 11.8 Å². The maximum atomic E-state index is 12.2. The van der Waals surface area contributed by atoms with E-state index in [-0.39, 0.29) is 22.7 Å². The highest BCUT2D eigenvalue weighted by Crippen LogP contribution is 2.73. The molecule has 2 saturated carbocycles. The van der Waals surface area contributed by atoms with Crippen molar-refractivity contribution in [3.8, 4) is 0 Å². The first-order chi connectivity index (χ1) is 7.87. The molecule has 4 atom stereocenters. The molecule has 0 spiro atoms. The SMILES string of the molecule is CC1(C)CCC(=O)[C@]2(C)[C@@H]([C@@H]3COC(=O)C3)[C@H]12. The van der Waals surface area contributed by atoms with Gasteiger partial charge in [0, 0.05) is 17.8 Å². The highest BCUT2D eigenvalue weighted by Gasteiger charge is 2.73. The normalized spacial score (nSPS) is 47.6. The van der Waals surface area contributed by atoms with Crippen LogP contribution in [0, 0.1) is 28.6 Å². The minimum Gasteiger partial charge on any atom is -0.465 e. The van der Waals surface area contributed by atoms with E-state index in [0.29, 0.717) is 37.1 Å². The molecule has 3 heteroatoms. The van der Waals surface area contributed by atoms with Crippen LogP contribution in [0.15, 0.2) is 0 Å². The Labute approximate surface area is 102 Å². The van der Waals surface area contributed by atoms with Gasteiger partial charge in [-0.1, -0.05) is 20.8 Å². The van der Waals surface area contributed by atoms with Gasteiger partial charge in [0.25, 0.3) is 0 Å². The Hall–Kier alpha value is -0.860. The van der Waals surface area contributed by atoms with Crippen molar-refractivity contribution in [3.63, 3.8) is 0 Å². The van der Waals surface area contributed by atoms with Crippen LogP contribution in [0.25, 0.3) is 0 Å². The maximum Gasteiger partial charge on any atom is 0.306 e. The summed E-state index contributed by atoms with van der Waals surface area (Å²) in [5.41, 5.74) is 0.0688. The third-order valence-electron chi connectivity index (χ3n) is 5.42. The topological polar surface area (TPSA) is 43.4 Å². The molecule has 17 heavy (non-hydrogen) atoms. The number of ether oxygens (including phenoxy) is 1. The van der Waals surface area contributed by atoms with E-state index < -0.39 is 0 Å². The van der Waals surface area contributed by atoms with Crippen molar-refractivity contribution in [3.05, 3.63) is 0 Å². The summed E-state index contributed by atoms with van der Waals surface area (Å²) in [6.45, 7) is 7.16. The highest BCUT2D eigenvalue weighted by atomic mass is 16.5. The molecule has 3 rings (SSSR count). The second kappa shape index (κ2) is 3.12. The lowest BCUT2D eigenvalue weighted by Gasteiger charge is -2.31. The van der Waals surface area contributed by atoms with Gasteiger partial charge >= 0.3 is 5.97 Å². The average molecular weight is 236 g/mol. The molecule has 0 unspecified atom stereocenters. The molecule has 2 aliphatic carbocycles. The lowest BCUT2D eigenvalue weighted by molar-refractivity contribution is -0.138. The van der Waals surface area contributed by atoms with Crippen LogP contribution in [0.4, 0.5) is 0 Å². The number of Topliss-reactive ketones (excluding diaryl/α,β-unsaturated/α-hetero) is 1. The number of hydrogen-bond acceptors (Lipinski definition) is 3. The summed E-state index contributed by atoms with van der Waals surface area (Å²) in [6, 6.07) is 0. The Morgan fingerprint density at radius 1 is 1.24 bits per heavy atom. The van der Waals surface area contributed by atoms with Crippen LogP contribution in [-0.4, -0.2) is 18.4 Å². The van der Waals surface area contributed by atoms with Crippen LogP contribution in [0.2, 0.25) is 0 Å². The van der Waals surface area contributed by atoms with Gasteiger partial charge in [0.15, 0.2) is 0 Å². The van der Waals surface area contributed by atoms with Crippen molar-refractivity contribution in [2.24, 2.45) is 28.6 Å². The van der Waals surface area contributed by atoms with E-state index in [1.54, 1.807) is 0 Å². The summed E-state index contributed by atoms with van der Waals surface area (Å²) in [6.07, 6.45) is 2.21. The van der Waals surface area contributed by atoms with Crippen LogP contribution < -0.4 is 0 Å². The third kappa shape index (κ3) is 1.34. The summed E-state index contributed by atoms with van der Waals surface area (Å²) >= 11 is 0. The molecule has 0 N–H and O–H groups in total. The summed E-state index contributed by atoms with van der Waals surface area (Å²) in [7, 11) is 0. The predicted octanol–water partition coefficient (Wildman–Crippen LogP) is 2.19. The van der Waals surface area contributed by atoms with Gasteiger partial charge in [-0.3, -0.25) is 9.59 Å². The maximum absolute atomic E-state index is 12.2. The average Bonchev–Trinajstić information content (AvgIpc) is 2.69. The number of carbonyl (C=O) groups excluding carboxylic acids is 2. The Morgan fingerprint density at radius 3 is 2.47 bits per heavy atom. The van der Waals surface area contributed by atoms with E-state index in [1.165, 1.54) is 0 Å². The molecule has 1 aliphatic heterocycles. The highest BCUT2D eigenvalue weighted by molar-refractivity contribution is 5.90. The van der Waals surface area contributed by atoms with Crippen molar-refractivity contribution < 1.29 is 14.3 Å². The van der Waals surface area contributed by atoms with Crippen LogP contribution in [-0.2, 0) is 14.3 Å². The second-order valence-corrected chi connectivity index (χ2v) is 6.85. The summed E-state index contributed by atoms with van der Waals surface area (Å²) in [5.74, 6) is 1.42. The van der Waals surface area contributed by atoms with Gasteiger partial charge < -0.3 is 4.74 Å². The minimum atomic E-state index is -0.166. The van der Waals surface area contributed by atoms with E-state index in [4.69, 9.17) is 4.74 Å². The van der Waals surface area contributed by atoms with Gasteiger partial charge in [-0.25, -0.2) is 0 Å². The van der Waals surface area contributed by atoms with E-state index in [2.05, 4.69) is 20.8 Å². The number of fused-ring (bicyclic) bond motifs is 1. The van der Waals surface area contributed by atoms with E-state index in [1.807, 2.05) is 0 Å². The molecule has 0 aromatic rings. The molecule has 3 fully saturated rings. The molecule has 0 bridgehead atoms. The summed E-state index contributed by atoms with van der Waals surface area (Å²) in [4.78, 5) is 23.4. The van der Waals surface area contributed by atoms with Gasteiger partial charge in [-0.2, -0.15) is 0 Å². The Kier molecular flexibility index (Phi) is 2.06. The zero-order chi connectivity index (χ0) is 12.4. The minimum absolute atomic E-state index is 0.0903. The fraction of sp³-hybridized carbons (Fsp3) is 0.857. The molecular formula is C14H20O3. The van der Waals surface area contributed by atoms with Crippen molar-refractivity contribution in [2.75, 3.05) is 6.61 Å². The number of rotatable bonds is 1. The van der Waals surface area contributed by atoms with Crippen LogP contribution >= 0.6 is 0 Å². The molecule has 0 radical (unpaired) electrons. The molecule has 3 nitrogen and oxygen atoms in total. The number of carbonyl (C=O) groups is 2. The van der Waals surface area contributed by atoms with Gasteiger partial charge in [-0.05, 0) is 23.7 Å². The van der Waals surface area contributed by atoms with Crippen LogP contribution in [0.5, 0.6) is 0 Å². The zero-order valence-electron chi connectivity index (χ0n) is 10.8. The van der Waals surface area contributed by atoms with Crippen LogP contribution in [0.3, 0.4) is 0 Å². The lowest BCUT2D eigenvalue weighted by Crippen LogP contribution is -2.30. The molecule has 3 aliphatic rings. The van der Waals surface area contributed by atoms with Crippen molar-refractivity contribution in [1.29, 1.82) is 0 Å². The lowest BCUT2D eigenvalue weighted by atomic mass is 9.72.